The summed E-state index contributed by atoms with van der Waals surface area (Å²) in [5.74, 6) is 0.485. The van der Waals surface area contributed by atoms with E-state index >= 15 is 0 Å². The Hall–Kier alpha value is -1.84. The van der Waals surface area contributed by atoms with Crippen molar-refractivity contribution in [3.05, 3.63) is 36.3 Å². The molecule has 1 amide bonds. The highest BCUT2D eigenvalue weighted by Crippen LogP contribution is 2.03. The van der Waals surface area contributed by atoms with Crippen molar-refractivity contribution >= 4 is 41.5 Å². The average Bonchev–Trinajstić information content (AvgIpc) is 2.88. The van der Waals surface area contributed by atoms with Crippen LogP contribution < -0.4 is 16.0 Å². The van der Waals surface area contributed by atoms with Crippen molar-refractivity contribution in [1.82, 2.24) is 25.3 Å². The van der Waals surface area contributed by atoms with Gasteiger partial charge in [-0.15, -0.1) is 24.0 Å². The van der Waals surface area contributed by atoms with E-state index < -0.39 is 0 Å². The number of rotatable bonds is 4. The van der Waals surface area contributed by atoms with Crippen LogP contribution in [0.15, 0.2) is 35.6 Å². The summed E-state index contributed by atoms with van der Waals surface area (Å²) in [6, 6.07) is 5.86. The second-order valence-corrected chi connectivity index (χ2v) is 6.28. The van der Waals surface area contributed by atoms with Gasteiger partial charge in [-0.25, -0.2) is 4.98 Å². The molecule has 0 unspecified atom stereocenters. The highest BCUT2D eigenvalue weighted by Gasteiger charge is 2.13. The van der Waals surface area contributed by atoms with Crippen LogP contribution in [-0.2, 0) is 11.3 Å². The zero-order chi connectivity index (χ0) is 16.9. The molecule has 0 aromatic carbocycles. The number of guanidine groups is 1. The minimum Gasteiger partial charge on any atom is -0.351 e. The van der Waals surface area contributed by atoms with Gasteiger partial charge >= 0.3 is 0 Å². The van der Waals surface area contributed by atoms with Crippen LogP contribution in [0.3, 0.4) is 0 Å². The molecule has 2 aromatic heterocycles. The number of aromatic nitrogens is 2. The number of halogens is 1. The van der Waals surface area contributed by atoms with Crippen LogP contribution in [-0.4, -0.2) is 40.4 Å². The molecule has 2 heterocycles. The zero-order valence-electron chi connectivity index (χ0n) is 14.5. The standard InChI is InChI=1S/C16H24N6O.HI/c1-16(2,3)21-14(23)10-19-15(17-4)18-9-12-11-22-8-6-5-7-13(22)20-12;/h5-8,11H,9-10H2,1-4H3,(H,21,23)(H2,17,18,19);1H. The lowest BCUT2D eigenvalue weighted by Crippen LogP contribution is -2.48. The quantitative estimate of drug-likeness (QED) is 0.380. The minimum atomic E-state index is -0.244. The van der Waals surface area contributed by atoms with E-state index in [1.165, 1.54) is 0 Å². The normalized spacial score (nSPS) is 11.8. The Morgan fingerprint density at radius 2 is 2.04 bits per heavy atom. The van der Waals surface area contributed by atoms with Gasteiger partial charge in [-0.1, -0.05) is 6.07 Å². The molecule has 0 atom stereocenters. The fraction of sp³-hybridized carbons (Fsp3) is 0.438. The summed E-state index contributed by atoms with van der Waals surface area (Å²) in [6.45, 7) is 6.54. The summed E-state index contributed by atoms with van der Waals surface area (Å²) in [7, 11) is 1.67. The van der Waals surface area contributed by atoms with Crippen molar-refractivity contribution in [3.63, 3.8) is 0 Å². The van der Waals surface area contributed by atoms with Crippen molar-refractivity contribution in [3.8, 4) is 0 Å². The van der Waals surface area contributed by atoms with Crippen molar-refractivity contribution in [2.75, 3.05) is 13.6 Å². The Labute approximate surface area is 159 Å². The lowest BCUT2D eigenvalue weighted by molar-refractivity contribution is -0.121. The smallest absolute Gasteiger partial charge is 0.239 e. The van der Waals surface area contributed by atoms with Crippen LogP contribution in [0.1, 0.15) is 26.5 Å². The number of nitrogens with one attached hydrogen (secondary N) is 3. The fourth-order valence-corrected chi connectivity index (χ4v) is 2.09. The van der Waals surface area contributed by atoms with Crippen molar-refractivity contribution in [1.29, 1.82) is 0 Å². The summed E-state index contributed by atoms with van der Waals surface area (Å²) >= 11 is 0. The first kappa shape index (κ1) is 20.2. The Morgan fingerprint density at radius 1 is 1.29 bits per heavy atom. The molecule has 0 bridgehead atoms. The van der Waals surface area contributed by atoms with Gasteiger partial charge in [-0.05, 0) is 32.9 Å². The van der Waals surface area contributed by atoms with E-state index in [0.717, 1.165) is 11.3 Å². The van der Waals surface area contributed by atoms with E-state index in [9.17, 15) is 4.79 Å². The molecule has 132 valence electrons. The second-order valence-electron chi connectivity index (χ2n) is 6.28. The van der Waals surface area contributed by atoms with Crippen LogP contribution in [0.2, 0.25) is 0 Å². The number of carbonyl (C=O) groups is 1. The summed E-state index contributed by atoms with van der Waals surface area (Å²) < 4.78 is 1.96. The molecule has 24 heavy (non-hydrogen) atoms. The molecule has 2 rings (SSSR count). The van der Waals surface area contributed by atoms with E-state index in [2.05, 4.69) is 25.9 Å². The third kappa shape index (κ3) is 6.34. The maximum atomic E-state index is 11.8. The summed E-state index contributed by atoms with van der Waals surface area (Å²) in [5, 5.41) is 9.03. The van der Waals surface area contributed by atoms with Gasteiger partial charge in [-0.2, -0.15) is 0 Å². The molecule has 0 spiro atoms. The van der Waals surface area contributed by atoms with Gasteiger partial charge in [0.15, 0.2) is 5.96 Å². The molecule has 8 heteroatoms. The lowest BCUT2D eigenvalue weighted by Gasteiger charge is -2.21. The number of hydrogen-bond donors (Lipinski definition) is 3. The van der Waals surface area contributed by atoms with Crippen molar-refractivity contribution in [2.24, 2.45) is 4.99 Å². The van der Waals surface area contributed by atoms with Gasteiger partial charge in [0.1, 0.15) is 5.65 Å². The lowest BCUT2D eigenvalue weighted by atomic mass is 10.1. The van der Waals surface area contributed by atoms with Crippen LogP contribution in [0.25, 0.3) is 5.65 Å². The molecule has 0 radical (unpaired) electrons. The van der Waals surface area contributed by atoms with Crippen LogP contribution >= 0.6 is 24.0 Å². The Kier molecular flexibility index (Phi) is 7.46. The SMILES string of the molecule is CN=C(NCC(=O)NC(C)(C)C)NCc1cn2ccccc2n1.I. The first-order valence-electron chi connectivity index (χ1n) is 7.55. The molecule has 0 saturated heterocycles. The molecule has 2 aromatic rings. The molecule has 0 aliphatic heterocycles. The number of hydrogen-bond acceptors (Lipinski definition) is 3. The fourth-order valence-electron chi connectivity index (χ4n) is 2.09. The Balaban J connectivity index is 0.00000288. The maximum absolute atomic E-state index is 11.8. The first-order chi connectivity index (χ1) is 10.9. The van der Waals surface area contributed by atoms with E-state index in [1.807, 2.05) is 55.8 Å². The maximum Gasteiger partial charge on any atom is 0.239 e. The summed E-state index contributed by atoms with van der Waals surface area (Å²) in [5.41, 5.74) is 1.56. The third-order valence-electron chi connectivity index (χ3n) is 3.01. The third-order valence-corrected chi connectivity index (χ3v) is 3.01. The van der Waals surface area contributed by atoms with E-state index in [1.54, 1.807) is 7.05 Å². The molecule has 0 aliphatic rings. The highest BCUT2D eigenvalue weighted by atomic mass is 127. The van der Waals surface area contributed by atoms with Crippen LogP contribution in [0.4, 0.5) is 0 Å². The number of carbonyl (C=O) groups excluding carboxylic acids is 1. The zero-order valence-corrected chi connectivity index (χ0v) is 16.8. The number of pyridine rings is 1. The molecule has 0 aliphatic carbocycles. The van der Waals surface area contributed by atoms with Gasteiger partial charge in [0.2, 0.25) is 5.91 Å². The van der Waals surface area contributed by atoms with E-state index in [-0.39, 0.29) is 42.0 Å². The monoisotopic (exact) mass is 444 g/mol. The van der Waals surface area contributed by atoms with Crippen molar-refractivity contribution in [2.45, 2.75) is 32.9 Å². The predicted molar refractivity (Wildman–Crippen MR) is 107 cm³/mol. The Bertz CT molecular complexity index is 671. The largest absolute Gasteiger partial charge is 0.351 e. The highest BCUT2D eigenvalue weighted by molar-refractivity contribution is 14.0. The number of amides is 1. The number of aliphatic imine (C=N–C) groups is 1. The van der Waals surface area contributed by atoms with Gasteiger partial charge in [0.25, 0.3) is 0 Å². The topological polar surface area (TPSA) is 82.8 Å². The number of nitrogens with zero attached hydrogens (tertiary/aromatic N) is 3. The van der Waals surface area contributed by atoms with Crippen LogP contribution in [0.5, 0.6) is 0 Å². The Morgan fingerprint density at radius 3 is 2.67 bits per heavy atom. The second kappa shape index (κ2) is 8.86. The minimum absolute atomic E-state index is 0. The van der Waals surface area contributed by atoms with Gasteiger partial charge < -0.3 is 20.4 Å². The van der Waals surface area contributed by atoms with Gasteiger partial charge in [-0.3, -0.25) is 9.79 Å². The molecular weight excluding hydrogens is 419 g/mol. The van der Waals surface area contributed by atoms with Crippen LogP contribution in [0, 0.1) is 0 Å². The predicted octanol–water partition coefficient (Wildman–Crippen LogP) is 1.53. The number of fused-ring (bicyclic) bond motifs is 1. The molecular formula is C16H25IN6O. The van der Waals surface area contributed by atoms with Gasteiger partial charge in [0, 0.05) is 25.0 Å². The number of imidazole rings is 1. The summed E-state index contributed by atoms with van der Waals surface area (Å²) in [4.78, 5) is 20.4. The molecule has 0 saturated carbocycles. The average molecular weight is 444 g/mol. The molecule has 7 nitrogen and oxygen atoms in total. The van der Waals surface area contributed by atoms with Gasteiger partial charge in [0.05, 0.1) is 18.8 Å². The van der Waals surface area contributed by atoms with E-state index in [0.29, 0.717) is 12.5 Å². The van der Waals surface area contributed by atoms with E-state index in [4.69, 9.17) is 0 Å². The molecule has 3 N–H and O–H groups in total. The summed E-state index contributed by atoms with van der Waals surface area (Å²) in [6.07, 6.45) is 3.91. The van der Waals surface area contributed by atoms with Crippen molar-refractivity contribution < 1.29 is 4.79 Å². The molecule has 0 fully saturated rings. The first-order valence-corrected chi connectivity index (χ1v) is 7.55.